The van der Waals surface area contributed by atoms with Gasteiger partial charge in [-0.3, -0.25) is 9.59 Å². The summed E-state index contributed by atoms with van der Waals surface area (Å²) in [5, 5.41) is 4.02. The lowest BCUT2D eigenvalue weighted by atomic mass is 9.76. The molecule has 0 spiro atoms. The number of hydrogen-bond donors (Lipinski definition) is 0. The van der Waals surface area contributed by atoms with E-state index in [0.717, 1.165) is 54.7 Å². The Morgan fingerprint density at radius 2 is 1.82 bits per heavy atom. The van der Waals surface area contributed by atoms with Crippen LogP contribution in [-0.2, 0) is 20.7 Å². The van der Waals surface area contributed by atoms with E-state index in [1.54, 1.807) is 0 Å². The van der Waals surface area contributed by atoms with E-state index in [9.17, 15) is 9.59 Å². The third kappa shape index (κ3) is 3.62. The van der Waals surface area contributed by atoms with E-state index in [0.29, 0.717) is 18.8 Å². The number of Topliss-reactive ketones (excluding diaryl/α,β-unsaturated/α-hetero) is 1. The number of hydrogen-bond acceptors (Lipinski definition) is 5. The maximum atomic E-state index is 12.2. The van der Waals surface area contributed by atoms with Crippen LogP contribution in [0.2, 0.25) is 0 Å². The first-order valence-corrected chi connectivity index (χ1v) is 10.2. The molecule has 1 aromatic heterocycles. The topological polar surface area (TPSA) is 69.4 Å². The van der Waals surface area contributed by atoms with Crippen molar-refractivity contribution < 1.29 is 18.8 Å². The van der Waals surface area contributed by atoms with Crippen molar-refractivity contribution in [3.63, 3.8) is 0 Å². The van der Waals surface area contributed by atoms with Crippen molar-refractivity contribution in [3.8, 4) is 11.1 Å². The SMILES string of the molecule is Cc1noc(C)c1-c1ccc(CCC2(C3CCCC3)CC(=O)CC(=O)O2)cc1. The second-order valence-electron chi connectivity index (χ2n) is 8.31. The fourth-order valence-electron chi connectivity index (χ4n) is 4.97. The molecule has 148 valence electrons. The highest BCUT2D eigenvalue weighted by atomic mass is 16.6. The maximum absolute atomic E-state index is 12.2. The van der Waals surface area contributed by atoms with Crippen molar-refractivity contribution in [1.29, 1.82) is 0 Å². The summed E-state index contributed by atoms with van der Waals surface area (Å²) in [5.74, 6) is 0.800. The van der Waals surface area contributed by atoms with Crippen LogP contribution < -0.4 is 0 Å². The first-order valence-electron chi connectivity index (χ1n) is 10.2. The number of carbonyl (C=O) groups is 2. The summed E-state index contributed by atoms with van der Waals surface area (Å²) in [5.41, 5.74) is 3.59. The summed E-state index contributed by atoms with van der Waals surface area (Å²) in [7, 11) is 0. The number of cyclic esters (lactones) is 1. The zero-order valence-corrected chi connectivity index (χ0v) is 16.6. The molecular formula is C23H27NO4. The van der Waals surface area contributed by atoms with Crippen molar-refractivity contribution in [1.82, 2.24) is 5.16 Å². The Hall–Kier alpha value is -2.43. The lowest BCUT2D eigenvalue weighted by Gasteiger charge is -2.41. The number of aromatic nitrogens is 1. The molecule has 1 atom stereocenters. The predicted octanol–water partition coefficient (Wildman–Crippen LogP) is 4.73. The molecule has 2 aliphatic rings. The van der Waals surface area contributed by atoms with Gasteiger partial charge in [0.25, 0.3) is 0 Å². The standard InChI is InChI=1S/C23H27NO4/c1-15-22(16(2)28-24-15)18-9-7-17(8-10-18)11-12-23(19-5-3-4-6-19)14-20(25)13-21(26)27-23/h7-10,19H,3-6,11-14H2,1-2H3. The fraction of sp³-hybridized carbons (Fsp3) is 0.522. The van der Waals surface area contributed by atoms with Crippen molar-refractivity contribution in [2.45, 2.75) is 70.8 Å². The first-order chi connectivity index (χ1) is 13.5. The number of aryl methyl sites for hydroxylation is 3. The molecule has 1 aromatic carbocycles. The summed E-state index contributed by atoms with van der Waals surface area (Å²) >= 11 is 0. The van der Waals surface area contributed by atoms with E-state index < -0.39 is 5.60 Å². The fourth-order valence-corrected chi connectivity index (χ4v) is 4.97. The molecule has 2 fully saturated rings. The van der Waals surface area contributed by atoms with E-state index in [4.69, 9.17) is 9.26 Å². The molecule has 4 rings (SSSR count). The van der Waals surface area contributed by atoms with Gasteiger partial charge in [-0.25, -0.2) is 0 Å². The Bertz CT molecular complexity index is 839. The Labute approximate surface area is 165 Å². The largest absolute Gasteiger partial charge is 0.458 e. The van der Waals surface area contributed by atoms with Crippen LogP contribution in [0.3, 0.4) is 0 Å². The van der Waals surface area contributed by atoms with Gasteiger partial charge in [-0.05, 0) is 56.6 Å². The number of esters is 1. The highest BCUT2D eigenvalue weighted by Gasteiger charge is 2.47. The van der Waals surface area contributed by atoms with Crippen molar-refractivity contribution in [3.05, 3.63) is 41.3 Å². The van der Waals surface area contributed by atoms with Crippen molar-refractivity contribution in [2.75, 3.05) is 0 Å². The second-order valence-corrected chi connectivity index (χ2v) is 8.31. The molecule has 28 heavy (non-hydrogen) atoms. The molecule has 5 heteroatoms. The number of rotatable bonds is 5. The minimum absolute atomic E-state index is 0.0249. The van der Waals surface area contributed by atoms with Gasteiger partial charge in [-0.15, -0.1) is 0 Å². The highest BCUT2D eigenvalue weighted by molar-refractivity contribution is 5.98. The summed E-state index contributed by atoms with van der Waals surface area (Å²) in [4.78, 5) is 24.2. The van der Waals surface area contributed by atoms with Gasteiger partial charge in [0.1, 0.15) is 23.6 Å². The number of ketones is 1. The minimum atomic E-state index is -0.608. The maximum Gasteiger partial charge on any atom is 0.313 e. The average Bonchev–Trinajstić information content (AvgIpc) is 3.31. The van der Waals surface area contributed by atoms with Crippen LogP contribution in [0.4, 0.5) is 0 Å². The van der Waals surface area contributed by atoms with Crippen LogP contribution >= 0.6 is 0 Å². The second kappa shape index (κ2) is 7.53. The molecular weight excluding hydrogens is 354 g/mol. The van der Waals surface area contributed by atoms with Gasteiger partial charge in [-0.2, -0.15) is 0 Å². The Morgan fingerprint density at radius 1 is 1.11 bits per heavy atom. The van der Waals surface area contributed by atoms with Crippen LogP contribution in [0.5, 0.6) is 0 Å². The van der Waals surface area contributed by atoms with E-state index >= 15 is 0 Å². The Morgan fingerprint density at radius 3 is 2.43 bits per heavy atom. The van der Waals surface area contributed by atoms with Gasteiger partial charge in [0, 0.05) is 12.0 Å². The predicted molar refractivity (Wildman–Crippen MR) is 105 cm³/mol. The van der Waals surface area contributed by atoms with Crippen LogP contribution in [-0.4, -0.2) is 22.5 Å². The molecule has 1 aliphatic heterocycles. The van der Waals surface area contributed by atoms with Crippen molar-refractivity contribution >= 4 is 11.8 Å². The van der Waals surface area contributed by atoms with Crippen LogP contribution in [0.15, 0.2) is 28.8 Å². The van der Waals surface area contributed by atoms with Gasteiger partial charge < -0.3 is 9.26 Å². The first kappa shape index (κ1) is 18.9. The zero-order valence-electron chi connectivity index (χ0n) is 16.6. The van der Waals surface area contributed by atoms with E-state index in [1.807, 2.05) is 13.8 Å². The third-order valence-corrected chi connectivity index (χ3v) is 6.37. The lowest BCUT2D eigenvalue weighted by Crippen LogP contribution is -2.48. The molecule has 0 radical (unpaired) electrons. The summed E-state index contributed by atoms with van der Waals surface area (Å²) in [6.07, 6.45) is 6.21. The van der Waals surface area contributed by atoms with E-state index in [-0.39, 0.29) is 18.2 Å². The monoisotopic (exact) mass is 381 g/mol. The van der Waals surface area contributed by atoms with Crippen LogP contribution in [0.25, 0.3) is 11.1 Å². The summed E-state index contributed by atoms with van der Waals surface area (Å²) < 4.78 is 11.2. The molecule has 1 aliphatic carbocycles. The van der Waals surface area contributed by atoms with Crippen molar-refractivity contribution in [2.24, 2.45) is 5.92 Å². The van der Waals surface area contributed by atoms with Gasteiger partial charge >= 0.3 is 5.97 Å². The zero-order chi connectivity index (χ0) is 19.7. The number of ether oxygens (including phenoxy) is 1. The van der Waals surface area contributed by atoms with Gasteiger partial charge in [0.15, 0.2) is 0 Å². The van der Waals surface area contributed by atoms with Gasteiger partial charge in [0.05, 0.1) is 5.69 Å². The van der Waals surface area contributed by atoms with E-state index in [2.05, 4.69) is 29.4 Å². The average molecular weight is 381 g/mol. The molecule has 2 heterocycles. The smallest absolute Gasteiger partial charge is 0.313 e. The van der Waals surface area contributed by atoms with Crippen LogP contribution in [0, 0.1) is 19.8 Å². The van der Waals surface area contributed by atoms with E-state index in [1.165, 1.54) is 5.56 Å². The Kier molecular flexibility index (Phi) is 5.09. The summed E-state index contributed by atoms with van der Waals surface area (Å²) in [6, 6.07) is 8.39. The number of benzene rings is 1. The normalized spacial score (nSPS) is 23.2. The molecule has 2 aromatic rings. The molecule has 1 saturated heterocycles. The molecule has 1 unspecified atom stereocenters. The molecule has 0 amide bonds. The minimum Gasteiger partial charge on any atom is -0.458 e. The quantitative estimate of drug-likeness (QED) is 0.553. The molecule has 0 N–H and O–H groups in total. The summed E-state index contributed by atoms with van der Waals surface area (Å²) in [6.45, 7) is 3.86. The lowest BCUT2D eigenvalue weighted by molar-refractivity contribution is -0.178. The number of carbonyl (C=O) groups excluding carboxylic acids is 2. The highest BCUT2D eigenvalue weighted by Crippen LogP contribution is 2.44. The number of nitrogens with zero attached hydrogens (tertiary/aromatic N) is 1. The molecule has 5 nitrogen and oxygen atoms in total. The molecule has 1 saturated carbocycles. The van der Waals surface area contributed by atoms with Gasteiger partial charge in [0.2, 0.25) is 0 Å². The third-order valence-electron chi connectivity index (χ3n) is 6.37. The van der Waals surface area contributed by atoms with Crippen LogP contribution in [0.1, 0.15) is 62.0 Å². The Balaban J connectivity index is 1.51. The van der Waals surface area contributed by atoms with Gasteiger partial charge in [-0.1, -0.05) is 42.3 Å². The molecule has 0 bridgehead atoms.